The van der Waals surface area contributed by atoms with Gasteiger partial charge in [-0.15, -0.1) is 23.5 Å². The molecule has 2 atom stereocenters. The van der Waals surface area contributed by atoms with Crippen molar-refractivity contribution in [2.24, 2.45) is 5.41 Å². The van der Waals surface area contributed by atoms with Crippen LogP contribution in [0.15, 0.2) is 82.6 Å². The molecule has 0 fully saturated rings. The number of fused-ring (bicyclic) bond motifs is 1. The summed E-state index contributed by atoms with van der Waals surface area (Å²) in [5.74, 6) is -1.90. The van der Waals surface area contributed by atoms with Gasteiger partial charge in [-0.3, -0.25) is 28.6 Å². The molecule has 0 saturated carbocycles. The average Bonchev–Trinajstić information content (AvgIpc) is 3.15. The van der Waals surface area contributed by atoms with Gasteiger partial charge < -0.3 is 15.4 Å². The van der Waals surface area contributed by atoms with Gasteiger partial charge in [0.1, 0.15) is 17.2 Å². The van der Waals surface area contributed by atoms with Crippen LogP contribution in [-0.4, -0.2) is 61.0 Å². The Morgan fingerprint density at radius 3 is 2.31 bits per heavy atom. The molecule has 11 nitrogen and oxygen atoms in total. The Bertz CT molecular complexity index is 1740. The summed E-state index contributed by atoms with van der Waals surface area (Å²) in [6, 6.07) is 20.0. The van der Waals surface area contributed by atoms with E-state index in [1.807, 2.05) is 50.4 Å². The fourth-order valence-corrected chi connectivity index (χ4v) is 7.58. The number of nitrogens with one attached hydrogen (secondary N) is 2. The van der Waals surface area contributed by atoms with Gasteiger partial charge in [-0.1, -0.05) is 75.2 Å². The molecule has 1 radical (unpaired) electrons. The van der Waals surface area contributed by atoms with Crippen molar-refractivity contribution in [1.82, 2.24) is 10.6 Å². The summed E-state index contributed by atoms with van der Waals surface area (Å²) in [5.41, 5.74) is 0.474. The second-order valence-electron chi connectivity index (χ2n) is 11.2. The van der Waals surface area contributed by atoms with E-state index < -0.39 is 45.7 Å². The number of thiol groups is 1. The minimum absolute atomic E-state index is 0.186. The van der Waals surface area contributed by atoms with Gasteiger partial charge in [-0.2, -0.15) is 8.42 Å². The summed E-state index contributed by atoms with van der Waals surface area (Å²) in [4.78, 5) is 57.3. The van der Waals surface area contributed by atoms with Gasteiger partial charge >= 0.3 is 0 Å². The Kier molecular flexibility index (Phi) is 12.7. The smallest absolute Gasteiger partial charge is 0.266 e. The molecule has 4 rings (SSSR count). The number of anilines is 2. The molecular formula is C34H40N3O8S3. The molecule has 3 N–H and O–H groups in total. The maximum atomic E-state index is 14.4. The predicted octanol–water partition coefficient (Wildman–Crippen LogP) is 5.26. The van der Waals surface area contributed by atoms with Crippen LogP contribution in [0.5, 0.6) is 5.75 Å². The maximum Gasteiger partial charge on any atom is 0.266 e. The van der Waals surface area contributed by atoms with Gasteiger partial charge in [0.05, 0.1) is 16.3 Å². The molecule has 0 bridgehead atoms. The molecule has 257 valence electrons. The van der Waals surface area contributed by atoms with E-state index in [9.17, 15) is 27.6 Å². The Balaban J connectivity index is 1.62. The van der Waals surface area contributed by atoms with E-state index in [4.69, 9.17) is 9.29 Å². The van der Waals surface area contributed by atoms with Crippen LogP contribution in [0.1, 0.15) is 51.1 Å². The third-order valence-corrected chi connectivity index (χ3v) is 10.7. The molecule has 0 spiro atoms. The molecule has 1 unspecified atom stereocenters. The maximum absolute atomic E-state index is 14.4. The van der Waals surface area contributed by atoms with Crippen LogP contribution < -0.4 is 20.3 Å². The van der Waals surface area contributed by atoms with Crippen LogP contribution in [0.2, 0.25) is 0 Å². The molecule has 3 aromatic rings. The number of hydrogen-bond donors (Lipinski definition) is 4. The second kappa shape index (κ2) is 16.5. The van der Waals surface area contributed by atoms with Crippen molar-refractivity contribution in [3.63, 3.8) is 0 Å². The van der Waals surface area contributed by atoms with Gasteiger partial charge in [-0.25, -0.2) is 0 Å². The predicted molar refractivity (Wildman–Crippen MR) is 189 cm³/mol. The molecule has 0 saturated heterocycles. The number of carbonyl (C=O) groups excluding carboxylic acids is 4. The van der Waals surface area contributed by atoms with E-state index >= 15 is 0 Å². The summed E-state index contributed by atoms with van der Waals surface area (Å²) in [7, 11) is -4.29. The van der Waals surface area contributed by atoms with Crippen LogP contribution in [0.4, 0.5) is 11.4 Å². The van der Waals surface area contributed by atoms with E-state index in [2.05, 4.69) is 10.6 Å². The van der Waals surface area contributed by atoms with Gasteiger partial charge in [0, 0.05) is 17.1 Å². The van der Waals surface area contributed by atoms with E-state index in [1.54, 1.807) is 47.4 Å². The molecule has 14 heteroatoms. The summed E-state index contributed by atoms with van der Waals surface area (Å²) in [6.07, 6.45) is 4.20. The minimum Gasteiger partial charge on any atom is -0.483 e. The van der Waals surface area contributed by atoms with Crippen LogP contribution in [0.25, 0.3) is 0 Å². The standard InChI is InChI=1S/C34H40N3O8S3/c1-4-6-17-34(5-2)32(40)37(24-15-11-8-12-16-24)25-20-28(46-3)26(21-27(25)47-33(34)41)45-22-29(38)36-30(23-13-9-7-10-14-23)31(39)35-18-19-48(42,43)44/h7-16,20-21,30,47H,4-6,17-19,22H2,1-3H3,(H,35,39)(H,36,38)(H,42,43,44)/t30-,34?/m1/s1. The van der Waals surface area contributed by atoms with Crippen molar-refractivity contribution in [3.05, 3.63) is 78.4 Å². The fourth-order valence-electron chi connectivity index (χ4n) is 5.41. The molecule has 1 aliphatic heterocycles. The Hall–Kier alpha value is -3.85. The van der Waals surface area contributed by atoms with Crippen LogP contribution >= 0.6 is 23.5 Å². The highest BCUT2D eigenvalue weighted by molar-refractivity contribution is 8.14. The van der Waals surface area contributed by atoms with Gasteiger partial charge in [0.2, 0.25) is 11.8 Å². The lowest BCUT2D eigenvalue weighted by Gasteiger charge is -2.33. The number of nitrogens with zero attached hydrogens (tertiary/aromatic N) is 1. The van der Waals surface area contributed by atoms with Crippen molar-refractivity contribution < 1.29 is 36.9 Å². The summed E-state index contributed by atoms with van der Waals surface area (Å²) in [6.45, 7) is 3.07. The molecule has 48 heavy (non-hydrogen) atoms. The first-order valence-corrected chi connectivity index (χ1v) is 19.2. The lowest BCUT2D eigenvalue weighted by atomic mass is 9.79. The van der Waals surface area contributed by atoms with Crippen molar-refractivity contribution in [3.8, 4) is 5.75 Å². The van der Waals surface area contributed by atoms with Gasteiger partial charge in [0.25, 0.3) is 16.0 Å². The SMILES string of the molecule is CCCCC1(CC)C(=O)[SH]c2cc(OCC(=O)N[C@@H](C(=O)NCCS(=O)(=O)O)c3ccccc3)c(SC)cc2N(c2ccccc2)C1=O. The molecule has 0 aromatic heterocycles. The van der Waals surface area contributed by atoms with E-state index in [0.29, 0.717) is 57.1 Å². The third-order valence-electron chi connectivity index (χ3n) is 8.04. The zero-order chi connectivity index (χ0) is 34.9. The van der Waals surface area contributed by atoms with Gasteiger partial charge in [0.15, 0.2) is 11.7 Å². The van der Waals surface area contributed by atoms with Crippen molar-refractivity contribution in [2.45, 2.75) is 55.4 Å². The van der Waals surface area contributed by atoms with Crippen molar-refractivity contribution in [1.29, 1.82) is 0 Å². The largest absolute Gasteiger partial charge is 0.483 e. The lowest BCUT2D eigenvalue weighted by Crippen LogP contribution is -2.44. The molecule has 1 aliphatic rings. The molecular weight excluding hydrogens is 675 g/mol. The summed E-state index contributed by atoms with van der Waals surface area (Å²) < 4.78 is 37.2. The molecule has 3 aromatic carbocycles. The van der Waals surface area contributed by atoms with Crippen molar-refractivity contribution >= 4 is 67.9 Å². The quantitative estimate of drug-likeness (QED) is 0.0713. The molecule has 0 aliphatic carbocycles. The summed E-state index contributed by atoms with van der Waals surface area (Å²) in [5, 5.41) is 4.87. The van der Waals surface area contributed by atoms with E-state index in [1.165, 1.54) is 11.8 Å². The monoisotopic (exact) mass is 714 g/mol. The number of unbranched alkanes of at least 4 members (excludes halogenated alkanes) is 1. The zero-order valence-electron chi connectivity index (χ0n) is 27.0. The number of hydrogen-bond acceptors (Lipinski definition) is 8. The Morgan fingerprint density at radius 2 is 1.71 bits per heavy atom. The number of thioether (sulfide) groups is 1. The Morgan fingerprint density at radius 1 is 1.04 bits per heavy atom. The first-order chi connectivity index (χ1) is 22.9. The van der Waals surface area contributed by atoms with Crippen LogP contribution in [0.3, 0.4) is 0 Å². The minimum atomic E-state index is -4.29. The lowest BCUT2D eigenvalue weighted by molar-refractivity contribution is -0.136. The number of benzene rings is 3. The molecule has 3 amide bonds. The Labute approximate surface area is 289 Å². The summed E-state index contributed by atoms with van der Waals surface area (Å²) >= 11 is 1.70. The fraction of sp³-hybridized carbons (Fsp3) is 0.353. The number of ether oxygens (including phenoxy) is 1. The normalized spacial score (nSPS) is 16.9. The zero-order valence-corrected chi connectivity index (χ0v) is 29.5. The third kappa shape index (κ3) is 8.78. The number of carbonyl (C=O) groups is 4. The highest BCUT2D eigenvalue weighted by atomic mass is 32.2. The van der Waals surface area contributed by atoms with Crippen LogP contribution in [-0.2, 0) is 29.3 Å². The van der Waals surface area contributed by atoms with Crippen molar-refractivity contribution in [2.75, 3.05) is 30.1 Å². The first kappa shape index (κ1) is 37.0. The number of para-hydroxylation sites is 1. The number of amides is 3. The highest BCUT2D eigenvalue weighted by Gasteiger charge is 2.49. The first-order valence-electron chi connectivity index (χ1n) is 15.5. The van der Waals surface area contributed by atoms with Crippen LogP contribution in [0, 0.1) is 5.41 Å². The van der Waals surface area contributed by atoms with E-state index in [0.717, 1.165) is 12.8 Å². The van der Waals surface area contributed by atoms with E-state index in [-0.39, 0.29) is 17.6 Å². The highest BCUT2D eigenvalue weighted by Crippen LogP contribution is 2.51. The number of rotatable bonds is 15. The topological polar surface area (TPSA) is 159 Å². The second-order valence-corrected chi connectivity index (χ2v) is 14.7. The van der Waals surface area contributed by atoms with Gasteiger partial charge in [-0.05, 0) is 48.9 Å². The molecule has 1 heterocycles. The average molecular weight is 715 g/mol.